The predicted molar refractivity (Wildman–Crippen MR) is 78.2 cm³/mol. The van der Waals surface area contributed by atoms with Crippen molar-refractivity contribution in [3.63, 3.8) is 0 Å². The average Bonchev–Trinajstić information content (AvgIpc) is 2.52. The summed E-state index contributed by atoms with van der Waals surface area (Å²) in [6.07, 6.45) is -4.56. The monoisotopic (exact) mass is 318 g/mol. The van der Waals surface area contributed by atoms with Gasteiger partial charge in [0.05, 0.1) is 23.6 Å². The maximum Gasteiger partial charge on any atom is 0.416 e. The Morgan fingerprint density at radius 2 is 1.78 bits per heavy atom. The van der Waals surface area contributed by atoms with Gasteiger partial charge in [0.1, 0.15) is 0 Å². The van der Waals surface area contributed by atoms with E-state index in [1.165, 1.54) is 12.1 Å². The highest BCUT2D eigenvalue weighted by Crippen LogP contribution is 2.29. The van der Waals surface area contributed by atoms with E-state index in [2.05, 4.69) is 5.32 Å². The van der Waals surface area contributed by atoms with Crippen LogP contribution in [0.25, 0.3) is 0 Å². The van der Waals surface area contributed by atoms with Gasteiger partial charge < -0.3 is 5.32 Å². The molecule has 0 aliphatic carbocycles. The standard InChI is InChI=1S/C17H13F3N2O/c18-17(19,20)15-6-2-3-12(8-15)9-16(23)22-11-14-5-1-4-13(7-14)10-21/h1-8H,9,11H2,(H,22,23). The molecule has 0 radical (unpaired) electrons. The third kappa shape index (κ3) is 4.85. The second-order valence-corrected chi connectivity index (χ2v) is 4.96. The number of nitriles is 1. The number of rotatable bonds is 4. The van der Waals surface area contributed by atoms with E-state index < -0.39 is 11.7 Å². The van der Waals surface area contributed by atoms with Gasteiger partial charge in [0.25, 0.3) is 0 Å². The smallest absolute Gasteiger partial charge is 0.352 e. The number of alkyl halides is 3. The van der Waals surface area contributed by atoms with Crippen molar-refractivity contribution in [1.82, 2.24) is 5.32 Å². The van der Waals surface area contributed by atoms with Crippen molar-refractivity contribution in [3.8, 4) is 6.07 Å². The Balaban J connectivity index is 1.96. The number of benzene rings is 2. The molecule has 1 N–H and O–H groups in total. The summed E-state index contributed by atoms with van der Waals surface area (Å²) in [6.45, 7) is 0.216. The minimum atomic E-state index is -4.43. The van der Waals surface area contributed by atoms with Gasteiger partial charge in [0, 0.05) is 6.54 Å². The normalized spacial score (nSPS) is 10.9. The molecule has 0 saturated heterocycles. The van der Waals surface area contributed by atoms with Crippen molar-refractivity contribution in [3.05, 3.63) is 70.8 Å². The molecule has 2 aromatic carbocycles. The first-order chi connectivity index (χ1) is 10.9. The quantitative estimate of drug-likeness (QED) is 0.939. The molecule has 0 atom stereocenters. The Labute approximate surface area is 131 Å². The molecule has 23 heavy (non-hydrogen) atoms. The zero-order valence-corrected chi connectivity index (χ0v) is 12.0. The summed E-state index contributed by atoms with van der Waals surface area (Å²) in [5.41, 5.74) is 0.753. The molecule has 0 unspecified atom stereocenters. The molecule has 6 heteroatoms. The molecule has 0 fully saturated rings. The predicted octanol–water partition coefficient (Wildman–Crippen LogP) is 3.44. The summed E-state index contributed by atoms with van der Waals surface area (Å²) in [6, 6.07) is 13.4. The lowest BCUT2D eigenvalue weighted by Gasteiger charge is -2.09. The van der Waals surface area contributed by atoms with E-state index in [1.54, 1.807) is 24.3 Å². The summed E-state index contributed by atoms with van der Waals surface area (Å²) in [5, 5.41) is 11.4. The Morgan fingerprint density at radius 3 is 2.48 bits per heavy atom. The highest BCUT2D eigenvalue weighted by atomic mass is 19.4. The number of halogens is 3. The lowest BCUT2D eigenvalue weighted by atomic mass is 10.1. The molecule has 2 aromatic rings. The van der Waals surface area contributed by atoms with Crippen LogP contribution >= 0.6 is 0 Å². The van der Waals surface area contributed by atoms with Gasteiger partial charge in [0.2, 0.25) is 5.91 Å². The lowest BCUT2D eigenvalue weighted by molar-refractivity contribution is -0.137. The van der Waals surface area contributed by atoms with Gasteiger partial charge >= 0.3 is 6.18 Å². The molecule has 0 bridgehead atoms. The van der Waals surface area contributed by atoms with Gasteiger partial charge in [-0.2, -0.15) is 18.4 Å². The Morgan fingerprint density at radius 1 is 1.09 bits per heavy atom. The summed E-state index contributed by atoms with van der Waals surface area (Å²) < 4.78 is 37.9. The van der Waals surface area contributed by atoms with E-state index in [-0.39, 0.29) is 18.9 Å². The third-order valence-corrected chi connectivity index (χ3v) is 3.16. The van der Waals surface area contributed by atoms with Crippen LogP contribution in [0.2, 0.25) is 0 Å². The van der Waals surface area contributed by atoms with Crippen LogP contribution in [-0.4, -0.2) is 5.91 Å². The number of carbonyl (C=O) groups is 1. The molecule has 0 aromatic heterocycles. The Hall–Kier alpha value is -2.81. The molecular weight excluding hydrogens is 305 g/mol. The van der Waals surface area contributed by atoms with Gasteiger partial charge in [-0.1, -0.05) is 30.3 Å². The van der Waals surface area contributed by atoms with Gasteiger partial charge in [-0.25, -0.2) is 0 Å². The Kier molecular flexibility index (Phi) is 5.02. The van der Waals surface area contributed by atoms with E-state index in [9.17, 15) is 18.0 Å². The zero-order valence-electron chi connectivity index (χ0n) is 12.0. The molecule has 1 amide bonds. The van der Waals surface area contributed by atoms with E-state index >= 15 is 0 Å². The molecule has 118 valence electrons. The fourth-order valence-electron chi connectivity index (χ4n) is 2.06. The summed E-state index contributed by atoms with van der Waals surface area (Å²) in [7, 11) is 0. The molecule has 3 nitrogen and oxygen atoms in total. The first-order valence-corrected chi connectivity index (χ1v) is 6.80. The molecular formula is C17H13F3N2O. The van der Waals surface area contributed by atoms with Crippen LogP contribution in [-0.2, 0) is 23.9 Å². The zero-order chi connectivity index (χ0) is 16.9. The lowest BCUT2D eigenvalue weighted by Crippen LogP contribution is -2.24. The highest BCUT2D eigenvalue weighted by Gasteiger charge is 2.30. The average molecular weight is 318 g/mol. The van der Waals surface area contributed by atoms with Crippen LogP contribution in [0.15, 0.2) is 48.5 Å². The summed E-state index contributed by atoms with van der Waals surface area (Å²) >= 11 is 0. The minimum Gasteiger partial charge on any atom is -0.352 e. The van der Waals surface area contributed by atoms with Crippen molar-refractivity contribution in [1.29, 1.82) is 5.26 Å². The van der Waals surface area contributed by atoms with Crippen LogP contribution in [0, 0.1) is 11.3 Å². The fourth-order valence-corrected chi connectivity index (χ4v) is 2.06. The maximum atomic E-state index is 12.6. The molecule has 0 aliphatic rings. The molecule has 0 saturated carbocycles. The van der Waals surface area contributed by atoms with Crippen LogP contribution < -0.4 is 5.32 Å². The van der Waals surface area contributed by atoms with E-state index in [0.29, 0.717) is 11.1 Å². The first kappa shape index (κ1) is 16.6. The molecule has 0 spiro atoms. The minimum absolute atomic E-state index is 0.137. The van der Waals surface area contributed by atoms with Crippen LogP contribution in [0.4, 0.5) is 13.2 Å². The van der Waals surface area contributed by atoms with Crippen LogP contribution in [0.5, 0.6) is 0 Å². The second-order valence-electron chi connectivity index (χ2n) is 4.96. The van der Waals surface area contributed by atoms with Gasteiger partial charge in [0.15, 0.2) is 0 Å². The number of nitrogens with one attached hydrogen (secondary N) is 1. The van der Waals surface area contributed by atoms with Crippen molar-refractivity contribution < 1.29 is 18.0 Å². The van der Waals surface area contributed by atoms with Crippen molar-refractivity contribution in [2.45, 2.75) is 19.1 Å². The third-order valence-electron chi connectivity index (χ3n) is 3.16. The Bertz CT molecular complexity index is 748. The highest BCUT2D eigenvalue weighted by molar-refractivity contribution is 5.78. The number of amides is 1. The van der Waals surface area contributed by atoms with Crippen LogP contribution in [0.3, 0.4) is 0 Å². The second kappa shape index (κ2) is 6.97. The number of hydrogen-bond acceptors (Lipinski definition) is 2. The van der Waals surface area contributed by atoms with Gasteiger partial charge in [-0.15, -0.1) is 0 Å². The number of hydrogen-bond donors (Lipinski definition) is 1. The van der Waals surface area contributed by atoms with E-state index in [1.807, 2.05) is 6.07 Å². The molecule has 2 rings (SSSR count). The molecule has 0 heterocycles. The van der Waals surface area contributed by atoms with E-state index in [0.717, 1.165) is 17.7 Å². The SMILES string of the molecule is N#Cc1cccc(CNC(=O)Cc2cccc(C(F)(F)F)c2)c1. The van der Waals surface area contributed by atoms with Crippen molar-refractivity contribution in [2.75, 3.05) is 0 Å². The number of nitrogens with zero attached hydrogens (tertiary/aromatic N) is 1. The van der Waals surface area contributed by atoms with Crippen molar-refractivity contribution >= 4 is 5.91 Å². The topological polar surface area (TPSA) is 52.9 Å². The summed E-state index contributed by atoms with van der Waals surface area (Å²) in [4.78, 5) is 11.8. The van der Waals surface area contributed by atoms with Crippen molar-refractivity contribution in [2.24, 2.45) is 0 Å². The first-order valence-electron chi connectivity index (χ1n) is 6.80. The van der Waals surface area contributed by atoms with E-state index in [4.69, 9.17) is 5.26 Å². The summed E-state index contributed by atoms with van der Waals surface area (Å²) in [5.74, 6) is -0.383. The fraction of sp³-hybridized carbons (Fsp3) is 0.176. The maximum absolute atomic E-state index is 12.6. The largest absolute Gasteiger partial charge is 0.416 e. The molecule has 0 aliphatic heterocycles. The van der Waals surface area contributed by atoms with Gasteiger partial charge in [-0.05, 0) is 29.3 Å². The van der Waals surface area contributed by atoms with Gasteiger partial charge in [-0.3, -0.25) is 4.79 Å². The van der Waals surface area contributed by atoms with Crippen LogP contribution in [0.1, 0.15) is 22.3 Å². The number of carbonyl (C=O) groups excluding carboxylic acids is 1.